The Morgan fingerprint density at radius 2 is 2.00 bits per heavy atom. The fourth-order valence-electron chi connectivity index (χ4n) is 2.99. The molecule has 0 saturated carbocycles. The number of nitrogens with one attached hydrogen (secondary N) is 1. The predicted molar refractivity (Wildman–Crippen MR) is 104 cm³/mol. The molecule has 144 valence electrons. The van der Waals surface area contributed by atoms with Crippen LogP contribution in [-0.2, 0) is 17.8 Å². The highest BCUT2D eigenvalue weighted by Crippen LogP contribution is 2.20. The predicted octanol–water partition coefficient (Wildman–Crippen LogP) is -0.0342. The van der Waals surface area contributed by atoms with Crippen LogP contribution < -0.4 is 15.8 Å². The number of hydrogen-bond donors (Lipinski definition) is 1. The second kappa shape index (κ2) is 9.38. The molecule has 1 aliphatic rings. The number of anilines is 1. The first-order chi connectivity index (χ1) is 12.7. The second-order valence-electron chi connectivity index (χ2n) is 5.83. The summed E-state index contributed by atoms with van der Waals surface area (Å²) in [5.41, 5.74) is 0.360. The standard InChI is InChI=1S/C17H21N7O2.ClH/c1-3-4-7-24-14-15(21-17(24)22-8-5-19-6-9-22)20-13(12-18)23(16(14)25)10-11-26-2;/h19H,5-11H2,1-2H3;1H. The molecule has 0 spiro atoms. The molecule has 1 N–H and O–H groups in total. The van der Waals surface area contributed by atoms with Crippen LogP contribution in [0, 0.1) is 23.2 Å². The average Bonchev–Trinajstić information content (AvgIpc) is 3.04. The highest BCUT2D eigenvalue weighted by atomic mass is 35.5. The zero-order valence-electron chi connectivity index (χ0n) is 15.4. The molecule has 2 aromatic heterocycles. The van der Waals surface area contributed by atoms with Crippen molar-refractivity contribution in [1.29, 1.82) is 5.26 Å². The largest absolute Gasteiger partial charge is 0.383 e. The van der Waals surface area contributed by atoms with Crippen molar-refractivity contribution in [1.82, 2.24) is 24.4 Å². The zero-order valence-corrected chi connectivity index (χ0v) is 16.2. The van der Waals surface area contributed by atoms with Crippen molar-refractivity contribution < 1.29 is 4.74 Å². The Bertz CT molecular complexity index is 958. The fourth-order valence-corrected chi connectivity index (χ4v) is 2.99. The van der Waals surface area contributed by atoms with Crippen molar-refractivity contribution in [3.05, 3.63) is 16.2 Å². The molecule has 9 nitrogen and oxygen atoms in total. The summed E-state index contributed by atoms with van der Waals surface area (Å²) < 4.78 is 8.19. The summed E-state index contributed by atoms with van der Waals surface area (Å²) >= 11 is 0. The van der Waals surface area contributed by atoms with Crippen LogP contribution in [-0.4, -0.2) is 59.0 Å². The first-order valence-corrected chi connectivity index (χ1v) is 8.46. The van der Waals surface area contributed by atoms with Crippen molar-refractivity contribution >= 4 is 29.5 Å². The molecule has 3 rings (SSSR count). The third-order valence-corrected chi connectivity index (χ3v) is 4.28. The Balaban J connectivity index is 0.00000261. The topological polar surface area (TPSA) is 101 Å². The van der Waals surface area contributed by atoms with E-state index in [0.29, 0.717) is 24.6 Å². The Kier molecular flexibility index (Phi) is 7.19. The Morgan fingerprint density at radius 3 is 2.63 bits per heavy atom. The lowest BCUT2D eigenvalue weighted by Crippen LogP contribution is -2.44. The van der Waals surface area contributed by atoms with Crippen LogP contribution in [0.2, 0.25) is 0 Å². The molecular formula is C17H22ClN7O2. The number of aromatic nitrogens is 4. The molecule has 0 aromatic carbocycles. The number of halogens is 1. The summed E-state index contributed by atoms with van der Waals surface area (Å²) in [6.07, 6.45) is 0. The number of fused-ring (bicyclic) bond motifs is 1. The van der Waals surface area contributed by atoms with E-state index in [0.717, 1.165) is 26.2 Å². The van der Waals surface area contributed by atoms with Crippen LogP contribution in [0.5, 0.6) is 0 Å². The third-order valence-electron chi connectivity index (χ3n) is 4.28. The molecule has 0 radical (unpaired) electrons. The van der Waals surface area contributed by atoms with E-state index in [1.54, 1.807) is 18.6 Å². The van der Waals surface area contributed by atoms with Crippen LogP contribution in [0.3, 0.4) is 0 Å². The summed E-state index contributed by atoms with van der Waals surface area (Å²) in [7, 11) is 1.55. The molecule has 0 aliphatic carbocycles. The van der Waals surface area contributed by atoms with Crippen LogP contribution in [0.1, 0.15) is 12.7 Å². The monoisotopic (exact) mass is 391 g/mol. The van der Waals surface area contributed by atoms with E-state index in [1.165, 1.54) is 4.57 Å². The summed E-state index contributed by atoms with van der Waals surface area (Å²) in [4.78, 5) is 24.1. The normalized spacial score (nSPS) is 13.6. The van der Waals surface area contributed by atoms with Gasteiger partial charge in [-0.2, -0.15) is 15.2 Å². The van der Waals surface area contributed by atoms with Crippen LogP contribution in [0.4, 0.5) is 5.95 Å². The van der Waals surface area contributed by atoms with Crippen molar-refractivity contribution in [2.45, 2.75) is 20.0 Å². The van der Waals surface area contributed by atoms with Gasteiger partial charge in [0.05, 0.1) is 19.7 Å². The molecular weight excluding hydrogens is 370 g/mol. The summed E-state index contributed by atoms with van der Waals surface area (Å²) in [5, 5.41) is 12.7. The first kappa shape index (κ1) is 20.7. The van der Waals surface area contributed by atoms with Crippen molar-refractivity contribution in [2.75, 3.05) is 44.8 Å². The van der Waals surface area contributed by atoms with Crippen molar-refractivity contribution in [3.8, 4) is 17.9 Å². The molecule has 1 saturated heterocycles. The number of nitrogens with zero attached hydrogens (tertiary/aromatic N) is 6. The van der Waals surface area contributed by atoms with Gasteiger partial charge in [-0.1, -0.05) is 5.92 Å². The number of hydrogen-bond acceptors (Lipinski definition) is 7. The van der Waals surface area contributed by atoms with E-state index in [9.17, 15) is 10.1 Å². The molecule has 10 heteroatoms. The second-order valence-corrected chi connectivity index (χ2v) is 5.83. The van der Waals surface area contributed by atoms with Gasteiger partial charge in [0, 0.05) is 33.3 Å². The van der Waals surface area contributed by atoms with Gasteiger partial charge in [-0.15, -0.1) is 18.3 Å². The Hall–Kier alpha value is -2.59. The molecule has 2 aromatic rings. The van der Waals surface area contributed by atoms with Gasteiger partial charge in [-0.05, 0) is 6.92 Å². The van der Waals surface area contributed by atoms with Gasteiger partial charge in [0.15, 0.2) is 11.2 Å². The van der Waals surface area contributed by atoms with E-state index in [-0.39, 0.29) is 36.0 Å². The molecule has 27 heavy (non-hydrogen) atoms. The molecule has 0 amide bonds. The quantitative estimate of drug-likeness (QED) is 0.714. The molecule has 0 bridgehead atoms. The molecule has 1 aliphatic heterocycles. The van der Waals surface area contributed by atoms with Gasteiger partial charge < -0.3 is 15.0 Å². The minimum atomic E-state index is -0.296. The lowest BCUT2D eigenvalue weighted by atomic mass is 10.4. The third kappa shape index (κ3) is 4.06. The maximum absolute atomic E-state index is 13.1. The summed E-state index contributed by atoms with van der Waals surface area (Å²) in [5.74, 6) is 6.57. The van der Waals surface area contributed by atoms with Gasteiger partial charge in [-0.3, -0.25) is 13.9 Å². The number of piperazine rings is 1. The molecule has 3 heterocycles. The minimum Gasteiger partial charge on any atom is -0.383 e. The van der Waals surface area contributed by atoms with E-state index in [1.807, 2.05) is 6.07 Å². The average molecular weight is 392 g/mol. The zero-order chi connectivity index (χ0) is 18.5. The van der Waals surface area contributed by atoms with Crippen molar-refractivity contribution in [3.63, 3.8) is 0 Å². The fraction of sp³-hybridized carbons (Fsp3) is 0.529. The van der Waals surface area contributed by atoms with Gasteiger partial charge in [-0.25, -0.2) is 0 Å². The van der Waals surface area contributed by atoms with E-state index in [2.05, 4.69) is 32.0 Å². The van der Waals surface area contributed by atoms with E-state index >= 15 is 0 Å². The van der Waals surface area contributed by atoms with Gasteiger partial charge in [0.1, 0.15) is 6.07 Å². The highest BCUT2D eigenvalue weighted by Gasteiger charge is 2.23. The van der Waals surface area contributed by atoms with Crippen LogP contribution >= 0.6 is 12.4 Å². The SMILES string of the molecule is CC#CCn1c(N2CCNCC2)nc2nc(C#N)n(CCOC)c(=O)c21.Cl. The summed E-state index contributed by atoms with van der Waals surface area (Å²) in [6, 6.07) is 1.98. The van der Waals surface area contributed by atoms with Crippen LogP contribution in [0.15, 0.2) is 4.79 Å². The lowest BCUT2D eigenvalue weighted by molar-refractivity contribution is 0.185. The maximum atomic E-state index is 13.1. The van der Waals surface area contributed by atoms with E-state index in [4.69, 9.17) is 4.74 Å². The molecule has 0 unspecified atom stereocenters. The highest BCUT2D eigenvalue weighted by molar-refractivity contribution is 5.85. The number of methoxy groups -OCH3 is 1. The number of imidazole rings is 1. The Morgan fingerprint density at radius 1 is 1.26 bits per heavy atom. The number of rotatable bonds is 5. The lowest BCUT2D eigenvalue weighted by Gasteiger charge is -2.28. The van der Waals surface area contributed by atoms with Crippen LogP contribution in [0.25, 0.3) is 11.2 Å². The number of ether oxygens (including phenoxy) is 1. The molecule has 0 atom stereocenters. The number of nitriles is 1. The van der Waals surface area contributed by atoms with Gasteiger partial charge in [0.2, 0.25) is 11.8 Å². The van der Waals surface area contributed by atoms with E-state index < -0.39 is 0 Å². The van der Waals surface area contributed by atoms with Gasteiger partial charge in [0.25, 0.3) is 5.56 Å². The Labute approximate surface area is 163 Å². The smallest absolute Gasteiger partial charge is 0.280 e. The van der Waals surface area contributed by atoms with Crippen molar-refractivity contribution in [2.24, 2.45) is 0 Å². The first-order valence-electron chi connectivity index (χ1n) is 8.46. The summed E-state index contributed by atoms with van der Waals surface area (Å²) in [6.45, 7) is 5.93. The molecule has 1 fully saturated rings. The van der Waals surface area contributed by atoms with Gasteiger partial charge >= 0.3 is 0 Å². The minimum absolute atomic E-state index is 0. The maximum Gasteiger partial charge on any atom is 0.280 e.